The first-order valence-electron chi connectivity index (χ1n) is 15.0. The van der Waals surface area contributed by atoms with Gasteiger partial charge in [-0.2, -0.15) is 0 Å². The number of rotatable bonds is 18. The molecule has 0 aromatic heterocycles. The molecular weight excluding hydrogens is 516 g/mol. The van der Waals surface area contributed by atoms with Crippen molar-refractivity contribution in [3.05, 3.63) is 59.7 Å². The zero-order chi connectivity index (χ0) is 30.6. The molecular formula is C34H54N2O5. The maximum atomic E-state index is 13.4. The minimum absolute atomic E-state index is 0.0585. The Kier molecular flexibility index (Phi) is 14.1. The average Bonchev–Trinajstić information content (AvgIpc) is 2.93. The molecule has 0 unspecified atom stereocenters. The van der Waals surface area contributed by atoms with Crippen LogP contribution >= 0.6 is 0 Å². The molecule has 1 amide bonds. The summed E-state index contributed by atoms with van der Waals surface area (Å²) in [6, 6.07) is 15.5. The third-order valence-corrected chi connectivity index (χ3v) is 8.06. The van der Waals surface area contributed by atoms with Gasteiger partial charge in [0.1, 0.15) is 0 Å². The zero-order valence-electron chi connectivity index (χ0n) is 26.5. The summed E-state index contributed by atoms with van der Waals surface area (Å²) in [6.07, 6.45) is 1.78. The number of nitrogens with one attached hydrogen (secondary N) is 1. The Morgan fingerprint density at radius 3 is 2.22 bits per heavy atom. The van der Waals surface area contributed by atoms with Gasteiger partial charge in [0.15, 0.2) is 11.5 Å². The Balaban J connectivity index is 2.06. The van der Waals surface area contributed by atoms with E-state index in [4.69, 9.17) is 19.9 Å². The highest BCUT2D eigenvalue weighted by Gasteiger charge is 2.32. The van der Waals surface area contributed by atoms with Crippen molar-refractivity contribution in [2.24, 2.45) is 29.4 Å². The monoisotopic (exact) mass is 570 g/mol. The Hall–Kier alpha value is -2.61. The lowest BCUT2D eigenvalue weighted by Crippen LogP contribution is -2.47. The summed E-state index contributed by atoms with van der Waals surface area (Å²) >= 11 is 0. The maximum absolute atomic E-state index is 13.4. The van der Waals surface area contributed by atoms with E-state index in [0.717, 1.165) is 29.7 Å². The van der Waals surface area contributed by atoms with Gasteiger partial charge >= 0.3 is 0 Å². The normalized spacial score (nSPS) is 14.9. The molecule has 4 atom stereocenters. The number of carbonyl (C=O) groups is 1. The van der Waals surface area contributed by atoms with Crippen LogP contribution in [0.1, 0.15) is 71.9 Å². The fraction of sp³-hybridized carbons (Fsp3) is 0.618. The van der Waals surface area contributed by atoms with Crippen LogP contribution in [0, 0.1) is 23.7 Å². The largest absolute Gasteiger partial charge is 0.493 e. The molecule has 0 fully saturated rings. The summed E-state index contributed by atoms with van der Waals surface area (Å²) in [5.41, 5.74) is 8.26. The Morgan fingerprint density at radius 1 is 0.951 bits per heavy atom. The third kappa shape index (κ3) is 11.0. The summed E-state index contributed by atoms with van der Waals surface area (Å²) in [4.78, 5) is 13.4. The first-order valence-corrected chi connectivity index (χ1v) is 15.0. The quantitative estimate of drug-likeness (QED) is 0.198. The molecule has 2 aromatic carbocycles. The van der Waals surface area contributed by atoms with Crippen LogP contribution in [0.5, 0.6) is 11.5 Å². The molecule has 230 valence electrons. The minimum atomic E-state index is -0.787. The van der Waals surface area contributed by atoms with E-state index < -0.39 is 17.7 Å². The lowest BCUT2D eigenvalue weighted by atomic mass is 9.80. The van der Waals surface area contributed by atoms with Crippen molar-refractivity contribution < 1.29 is 24.1 Å². The van der Waals surface area contributed by atoms with Gasteiger partial charge in [-0.1, -0.05) is 64.1 Å². The van der Waals surface area contributed by atoms with Gasteiger partial charge in [0.25, 0.3) is 0 Å². The number of aliphatic hydroxyl groups is 1. The lowest BCUT2D eigenvalue weighted by molar-refractivity contribution is -0.129. The van der Waals surface area contributed by atoms with E-state index >= 15 is 0 Å². The smallest absolute Gasteiger partial charge is 0.224 e. The van der Waals surface area contributed by atoms with E-state index in [0.29, 0.717) is 37.7 Å². The minimum Gasteiger partial charge on any atom is -0.493 e. The highest BCUT2D eigenvalue weighted by molar-refractivity contribution is 5.80. The average molecular weight is 571 g/mol. The molecule has 41 heavy (non-hydrogen) atoms. The summed E-state index contributed by atoms with van der Waals surface area (Å²) in [6.45, 7) is 13.6. The standard InChI is InChI=1S/C34H54N2O5/c1-23(2)26(19-25-15-16-31(40-8)32(20-25)41-18-12-17-39-7)21-29(35)30(37)22-28(24(3)4)33(38)36-34(5,6)27-13-10-9-11-14-27/h9-11,13-16,20,23-24,26,28-30,37H,12,17-19,21-22,35H2,1-8H3,(H,36,38)/t26-,28-,29-,30-/m0/s1. The molecule has 4 N–H and O–H groups in total. The van der Waals surface area contributed by atoms with Crippen LogP contribution in [0.25, 0.3) is 0 Å². The van der Waals surface area contributed by atoms with Gasteiger partial charge < -0.3 is 30.4 Å². The lowest BCUT2D eigenvalue weighted by Gasteiger charge is -2.33. The summed E-state index contributed by atoms with van der Waals surface area (Å²) in [7, 11) is 3.32. The number of amides is 1. The van der Waals surface area contributed by atoms with E-state index in [1.165, 1.54) is 0 Å². The van der Waals surface area contributed by atoms with Crippen molar-refractivity contribution in [2.45, 2.75) is 84.9 Å². The topological polar surface area (TPSA) is 103 Å². The van der Waals surface area contributed by atoms with Gasteiger partial charge in [0.2, 0.25) is 5.91 Å². The van der Waals surface area contributed by atoms with E-state index in [2.05, 4.69) is 25.2 Å². The number of hydrogen-bond acceptors (Lipinski definition) is 6. The molecule has 0 heterocycles. The van der Waals surface area contributed by atoms with E-state index in [1.54, 1.807) is 14.2 Å². The number of methoxy groups -OCH3 is 2. The van der Waals surface area contributed by atoms with Crippen LogP contribution in [-0.2, 0) is 21.5 Å². The van der Waals surface area contributed by atoms with Crippen molar-refractivity contribution in [3.63, 3.8) is 0 Å². The van der Waals surface area contributed by atoms with Gasteiger partial charge in [0.05, 0.1) is 25.4 Å². The number of hydrogen-bond donors (Lipinski definition) is 3. The predicted octanol–water partition coefficient (Wildman–Crippen LogP) is 5.72. The molecule has 2 aromatic rings. The van der Waals surface area contributed by atoms with Crippen LogP contribution < -0.4 is 20.5 Å². The van der Waals surface area contributed by atoms with E-state index in [9.17, 15) is 9.90 Å². The van der Waals surface area contributed by atoms with Crippen molar-refractivity contribution in [2.75, 3.05) is 27.4 Å². The van der Waals surface area contributed by atoms with Crippen LogP contribution in [0.2, 0.25) is 0 Å². The second-order valence-corrected chi connectivity index (χ2v) is 12.4. The van der Waals surface area contributed by atoms with Crippen molar-refractivity contribution in [3.8, 4) is 11.5 Å². The van der Waals surface area contributed by atoms with Gasteiger partial charge in [-0.3, -0.25) is 4.79 Å². The summed E-state index contributed by atoms with van der Waals surface area (Å²) in [5.74, 6) is 1.68. The van der Waals surface area contributed by atoms with Crippen LogP contribution in [0.3, 0.4) is 0 Å². The second kappa shape index (κ2) is 16.7. The van der Waals surface area contributed by atoms with E-state index in [1.807, 2.05) is 70.2 Å². The molecule has 0 saturated carbocycles. The van der Waals surface area contributed by atoms with E-state index in [-0.39, 0.29) is 23.7 Å². The van der Waals surface area contributed by atoms with Gasteiger partial charge in [0, 0.05) is 32.1 Å². The number of carbonyl (C=O) groups excluding carboxylic acids is 1. The highest BCUT2D eigenvalue weighted by atomic mass is 16.5. The van der Waals surface area contributed by atoms with Gasteiger partial charge in [-0.15, -0.1) is 0 Å². The Morgan fingerprint density at radius 2 is 1.63 bits per heavy atom. The van der Waals surface area contributed by atoms with Crippen molar-refractivity contribution in [1.82, 2.24) is 5.32 Å². The fourth-order valence-electron chi connectivity index (χ4n) is 5.19. The highest BCUT2D eigenvalue weighted by Crippen LogP contribution is 2.32. The molecule has 0 bridgehead atoms. The maximum Gasteiger partial charge on any atom is 0.224 e. The predicted molar refractivity (Wildman–Crippen MR) is 166 cm³/mol. The Bertz CT molecular complexity index is 1040. The first-order chi connectivity index (χ1) is 19.4. The third-order valence-electron chi connectivity index (χ3n) is 8.06. The van der Waals surface area contributed by atoms with Gasteiger partial charge in [-0.25, -0.2) is 0 Å². The summed E-state index contributed by atoms with van der Waals surface area (Å²) < 4.78 is 16.6. The number of aliphatic hydroxyl groups excluding tert-OH is 1. The van der Waals surface area contributed by atoms with Gasteiger partial charge in [-0.05, 0) is 74.1 Å². The molecule has 2 rings (SSSR count). The molecule has 0 saturated heterocycles. The molecule has 7 heteroatoms. The number of nitrogens with two attached hydrogens (primary N) is 1. The second-order valence-electron chi connectivity index (χ2n) is 12.4. The van der Waals surface area contributed by atoms with Crippen molar-refractivity contribution >= 4 is 5.91 Å². The van der Waals surface area contributed by atoms with Crippen LogP contribution in [0.4, 0.5) is 0 Å². The summed E-state index contributed by atoms with van der Waals surface area (Å²) in [5, 5.41) is 14.4. The Labute approximate surface area is 248 Å². The van der Waals surface area contributed by atoms with Crippen molar-refractivity contribution in [1.29, 1.82) is 0 Å². The van der Waals surface area contributed by atoms with Crippen LogP contribution in [0.15, 0.2) is 48.5 Å². The molecule has 0 radical (unpaired) electrons. The molecule has 0 spiro atoms. The fourth-order valence-corrected chi connectivity index (χ4v) is 5.19. The number of ether oxygens (including phenoxy) is 3. The molecule has 0 aliphatic heterocycles. The molecule has 0 aliphatic rings. The first kappa shape index (κ1) is 34.6. The molecule has 0 aliphatic carbocycles. The zero-order valence-corrected chi connectivity index (χ0v) is 26.5. The molecule has 7 nitrogen and oxygen atoms in total. The number of benzene rings is 2. The van der Waals surface area contributed by atoms with Crippen LogP contribution in [-0.4, -0.2) is 50.6 Å². The SMILES string of the molecule is COCCCOc1cc(C[C@@H](C[C@H](N)[C@@H](O)C[C@H](C(=O)NC(C)(C)c2ccccc2)C(C)C)C(C)C)ccc1OC.